The van der Waals surface area contributed by atoms with Gasteiger partial charge in [-0.25, -0.2) is 0 Å². The number of likely N-dealkylation sites (N-methyl/N-ethyl adjacent to an activating group) is 1. The van der Waals surface area contributed by atoms with E-state index in [1.165, 1.54) is 0 Å². The monoisotopic (exact) mass is 292 g/mol. The summed E-state index contributed by atoms with van der Waals surface area (Å²) in [6.45, 7) is 3.90. The van der Waals surface area contributed by atoms with Crippen molar-refractivity contribution in [2.75, 3.05) is 13.6 Å². The molecule has 1 rings (SSSR count). The van der Waals surface area contributed by atoms with Crippen LogP contribution >= 0.6 is 0 Å². The van der Waals surface area contributed by atoms with Crippen LogP contribution in [0, 0.1) is 0 Å². The summed E-state index contributed by atoms with van der Waals surface area (Å²) in [5.41, 5.74) is 1.05. The third-order valence-corrected chi connectivity index (χ3v) is 3.63. The number of nitrogens with one attached hydrogen (secondary N) is 1. The van der Waals surface area contributed by atoms with Gasteiger partial charge in [0.05, 0.1) is 12.6 Å². The third kappa shape index (κ3) is 5.19. The number of hydrogen-bond acceptors (Lipinski definition) is 3. The van der Waals surface area contributed by atoms with E-state index in [1.54, 1.807) is 11.9 Å². The molecule has 5 nitrogen and oxygen atoms in total. The molecule has 1 amide bonds. The predicted molar refractivity (Wildman–Crippen MR) is 82.0 cm³/mol. The van der Waals surface area contributed by atoms with Crippen LogP contribution in [0.3, 0.4) is 0 Å². The number of carboxylic acids is 1. The Morgan fingerprint density at radius 2 is 1.90 bits per heavy atom. The van der Waals surface area contributed by atoms with Gasteiger partial charge in [0, 0.05) is 7.05 Å². The molecule has 0 bridgehead atoms. The maximum Gasteiger partial charge on any atom is 0.320 e. The van der Waals surface area contributed by atoms with Crippen molar-refractivity contribution in [3.05, 3.63) is 35.9 Å². The molecule has 2 N–H and O–H groups in total. The number of hydrogen-bond donors (Lipinski definition) is 2. The van der Waals surface area contributed by atoms with Crippen molar-refractivity contribution in [1.82, 2.24) is 10.2 Å². The number of nitrogens with zero attached hydrogens (tertiary/aromatic N) is 1. The molecule has 1 aromatic carbocycles. The number of amides is 1. The van der Waals surface area contributed by atoms with Crippen molar-refractivity contribution in [3.63, 3.8) is 0 Å². The number of benzene rings is 1. The lowest BCUT2D eigenvalue weighted by atomic mass is 10.1. The fraction of sp³-hybridized carbons (Fsp3) is 0.500. The molecule has 1 aromatic rings. The highest BCUT2D eigenvalue weighted by molar-refractivity contribution is 5.80. The van der Waals surface area contributed by atoms with Crippen LogP contribution in [0.4, 0.5) is 0 Å². The fourth-order valence-electron chi connectivity index (χ4n) is 2.11. The van der Waals surface area contributed by atoms with E-state index in [0.29, 0.717) is 6.42 Å². The zero-order valence-corrected chi connectivity index (χ0v) is 12.9. The van der Waals surface area contributed by atoms with Crippen LogP contribution in [-0.4, -0.2) is 41.5 Å². The third-order valence-electron chi connectivity index (χ3n) is 3.63. The summed E-state index contributed by atoms with van der Waals surface area (Å²) in [4.78, 5) is 24.8. The van der Waals surface area contributed by atoms with E-state index in [2.05, 4.69) is 5.32 Å². The first-order chi connectivity index (χ1) is 9.97. The first-order valence-electron chi connectivity index (χ1n) is 7.24. The van der Waals surface area contributed by atoms with Gasteiger partial charge in [-0.05, 0) is 18.9 Å². The smallest absolute Gasteiger partial charge is 0.320 e. The SMILES string of the molecule is CCCC(NCC(=O)N(C)C(C)c1ccccc1)C(=O)O. The quantitative estimate of drug-likeness (QED) is 0.769. The van der Waals surface area contributed by atoms with E-state index < -0.39 is 12.0 Å². The number of carbonyl (C=O) groups excluding carboxylic acids is 1. The normalized spacial score (nSPS) is 13.5. The summed E-state index contributed by atoms with van der Waals surface area (Å²) in [7, 11) is 1.73. The molecule has 21 heavy (non-hydrogen) atoms. The number of aliphatic carboxylic acids is 1. The van der Waals surface area contributed by atoms with Crippen LogP contribution in [0.5, 0.6) is 0 Å². The van der Waals surface area contributed by atoms with Crippen molar-refractivity contribution in [2.45, 2.75) is 38.8 Å². The largest absolute Gasteiger partial charge is 0.480 e. The molecule has 0 saturated heterocycles. The summed E-state index contributed by atoms with van der Waals surface area (Å²) >= 11 is 0. The number of rotatable bonds is 8. The van der Waals surface area contributed by atoms with Gasteiger partial charge in [0.2, 0.25) is 5.91 Å². The maximum absolute atomic E-state index is 12.2. The summed E-state index contributed by atoms with van der Waals surface area (Å²) in [5.74, 6) is -1.03. The van der Waals surface area contributed by atoms with Crippen LogP contribution < -0.4 is 5.32 Å². The van der Waals surface area contributed by atoms with Crippen molar-refractivity contribution in [3.8, 4) is 0 Å². The van der Waals surface area contributed by atoms with E-state index in [9.17, 15) is 9.59 Å². The van der Waals surface area contributed by atoms with Gasteiger partial charge in [0.25, 0.3) is 0 Å². The van der Waals surface area contributed by atoms with Gasteiger partial charge in [0.1, 0.15) is 6.04 Å². The molecule has 0 fully saturated rings. The van der Waals surface area contributed by atoms with Gasteiger partial charge in [-0.3, -0.25) is 14.9 Å². The van der Waals surface area contributed by atoms with Crippen LogP contribution in [-0.2, 0) is 9.59 Å². The summed E-state index contributed by atoms with van der Waals surface area (Å²) in [6.07, 6.45) is 1.27. The highest BCUT2D eigenvalue weighted by Crippen LogP contribution is 2.17. The van der Waals surface area contributed by atoms with Crippen molar-refractivity contribution >= 4 is 11.9 Å². The van der Waals surface area contributed by atoms with E-state index in [-0.39, 0.29) is 18.5 Å². The molecule has 116 valence electrons. The Morgan fingerprint density at radius 3 is 2.43 bits per heavy atom. The molecule has 0 aromatic heterocycles. The zero-order chi connectivity index (χ0) is 15.8. The molecule has 0 radical (unpaired) electrons. The van der Waals surface area contributed by atoms with E-state index in [0.717, 1.165) is 12.0 Å². The van der Waals surface area contributed by atoms with Crippen molar-refractivity contribution in [1.29, 1.82) is 0 Å². The Morgan fingerprint density at radius 1 is 1.29 bits per heavy atom. The second kappa shape index (κ2) is 8.42. The number of carboxylic acid groups (broad SMARTS) is 1. The summed E-state index contributed by atoms with van der Waals surface area (Å²) < 4.78 is 0. The van der Waals surface area contributed by atoms with Crippen LogP contribution in [0.1, 0.15) is 38.3 Å². The molecule has 2 atom stereocenters. The average Bonchev–Trinajstić information content (AvgIpc) is 2.50. The number of carbonyl (C=O) groups is 2. The molecule has 0 heterocycles. The second-order valence-corrected chi connectivity index (χ2v) is 5.15. The lowest BCUT2D eigenvalue weighted by Gasteiger charge is -2.26. The van der Waals surface area contributed by atoms with Crippen molar-refractivity contribution in [2.24, 2.45) is 0 Å². The Bertz CT molecular complexity index is 462. The molecular weight excluding hydrogens is 268 g/mol. The molecule has 0 aliphatic carbocycles. The van der Waals surface area contributed by atoms with Gasteiger partial charge in [0.15, 0.2) is 0 Å². The molecule has 0 aliphatic heterocycles. The minimum Gasteiger partial charge on any atom is -0.480 e. The molecule has 2 unspecified atom stereocenters. The first kappa shape index (κ1) is 17.2. The highest BCUT2D eigenvalue weighted by Gasteiger charge is 2.20. The minimum absolute atomic E-state index is 0.0324. The maximum atomic E-state index is 12.2. The van der Waals surface area contributed by atoms with Gasteiger partial charge >= 0.3 is 5.97 Å². The molecular formula is C16H24N2O3. The Hall–Kier alpha value is -1.88. The first-order valence-corrected chi connectivity index (χ1v) is 7.24. The topological polar surface area (TPSA) is 69.6 Å². The van der Waals surface area contributed by atoms with Gasteiger partial charge in [-0.15, -0.1) is 0 Å². The second-order valence-electron chi connectivity index (χ2n) is 5.15. The molecule has 0 aliphatic rings. The van der Waals surface area contributed by atoms with E-state index in [1.807, 2.05) is 44.2 Å². The summed E-state index contributed by atoms with van der Waals surface area (Å²) in [5, 5.41) is 11.9. The standard InChI is InChI=1S/C16H24N2O3/c1-4-8-14(16(20)21)17-11-15(19)18(3)12(2)13-9-6-5-7-10-13/h5-7,9-10,12,14,17H,4,8,11H2,1-3H3,(H,20,21). The Labute approximate surface area is 126 Å². The fourth-order valence-corrected chi connectivity index (χ4v) is 2.11. The Balaban J connectivity index is 2.56. The lowest BCUT2D eigenvalue weighted by Crippen LogP contribution is -2.44. The van der Waals surface area contributed by atoms with Gasteiger partial charge in [-0.1, -0.05) is 43.7 Å². The van der Waals surface area contributed by atoms with E-state index in [4.69, 9.17) is 5.11 Å². The minimum atomic E-state index is -0.914. The molecule has 5 heteroatoms. The van der Waals surface area contributed by atoms with Crippen molar-refractivity contribution < 1.29 is 14.7 Å². The highest BCUT2D eigenvalue weighted by atomic mass is 16.4. The molecule has 0 spiro atoms. The molecule has 0 saturated carbocycles. The zero-order valence-electron chi connectivity index (χ0n) is 12.9. The lowest BCUT2D eigenvalue weighted by molar-refractivity contribution is -0.140. The van der Waals surface area contributed by atoms with Crippen LogP contribution in [0.25, 0.3) is 0 Å². The van der Waals surface area contributed by atoms with E-state index >= 15 is 0 Å². The summed E-state index contributed by atoms with van der Waals surface area (Å²) in [6, 6.07) is 9.03. The Kier molecular flexibility index (Phi) is 6.88. The average molecular weight is 292 g/mol. The van der Waals surface area contributed by atoms with Crippen LogP contribution in [0.15, 0.2) is 30.3 Å². The predicted octanol–water partition coefficient (Wildman–Crippen LogP) is 2.05. The van der Waals surface area contributed by atoms with Gasteiger partial charge in [-0.2, -0.15) is 0 Å². The van der Waals surface area contributed by atoms with Crippen LogP contribution in [0.2, 0.25) is 0 Å². The van der Waals surface area contributed by atoms with Gasteiger partial charge < -0.3 is 10.0 Å².